The molecule has 5 nitrogen and oxygen atoms in total. The van der Waals surface area contributed by atoms with Crippen molar-refractivity contribution in [3.8, 4) is 11.1 Å². The molecule has 3 aromatic carbocycles. The fourth-order valence-corrected chi connectivity index (χ4v) is 3.47. The molecule has 4 rings (SSSR count). The van der Waals surface area contributed by atoms with Crippen molar-refractivity contribution < 1.29 is 9.53 Å². The fraction of sp³-hybridized carbons (Fsp3) is 0.120. The lowest BCUT2D eigenvalue weighted by Crippen LogP contribution is -2.24. The molecule has 1 aromatic heterocycles. The van der Waals surface area contributed by atoms with Crippen molar-refractivity contribution in [1.29, 1.82) is 0 Å². The Hall–Kier alpha value is -3.70. The number of pyridine rings is 1. The van der Waals surface area contributed by atoms with Crippen molar-refractivity contribution in [3.05, 3.63) is 96.2 Å². The average Bonchev–Trinajstić information content (AvgIpc) is 2.79. The van der Waals surface area contributed by atoms with Crippen LogP contribution in [0.4, 0.5) is 5.69 Å². The highest BCUT2D eigenvalue weighted by Crippen LogP contribution is 2.33. The predicted molar refractivity (Wildman–Crippen MR) is 120 cm³/mol. The maximum Gasteiger partial charge on any atom is 0.340 e. The van der Waals surface area contributed by atoms with Gasteiger partial charge in [-0.1, -0.05) is 66.7 Å². The number of fused-ring (bicyclic) bond motifs is 1. The van der Waals surface area contributed by atoms with E-state index in [9.17, 15) is 4.79 Å². The first-order chi connectivity index (χ1) is 14.8. The number of carbonyl (C=O) groups excluding carboxylic acids is 1. The Balaban J connectivity index is 1.81. The molecule has 30 heavy (non-hydrogen) atoms. The first kappa shape index (κ1) is 19.6. The van der Waals surface area contributed by atoms with E-state index in [1.807, 2.05) is 91.9 Å². The molecule has 5 heteroatoms. The van der Waals surface area contributed by atoms with E-state index in [0.717, 1.165) is 27.7 Å². The minimum absolute atomic E-state index is 0.301. The van der Waals surface area contributed by atoms with Gasteiger partial charge in [0, 0.05) is 16.6 Å². The van der Waals surface area contributed by atoms with Gasteiger partial charge in [-0.05, 0) is 30.7 Å². The average molecular weight is 397 g/mol. The third-order valence-electron chi connectivity index (χ3n) is 4.77. The van der Waals surface area contributed by atoms with Crippen molar-refractivity contribution in [2.75, 3.05) is 12.0 Å². The number of anilines is 1. The van der Waals surface area contributed by atoms with E-state index >= 15 is 0 Å². The van der Waals surface area contributed by atoms with Crippen LogP contribution in [0.5, 0.6) is 0 Å². The summed E-state index contributed by atoms with van der Waals surface area (Å²) in [7, 11) is 0. The zero-order valence-electron chi connectivity index (χ0n) is 16.8. The van der Waals surface area contributed by atoms with Crippen molar-refractivity contribution in [2.24, 2.45) is 0 Å². The van der Waals surface area contributed by atoms with Gasteiger partial charge in [-0.25, -0.2) is 10.2 Å². The molecule has 0 atom stereocenters. The summed E-state index contributed by atoms with van der Waals surface area (Å²) in [6.45, 7) is 2.46. The second-order valence-electron chi connectivity index (χ2n) is 6.76. The molecule has 0 saturated carbocycles. The highest BCUT2D eigenvalue weighted by Gasteiger charge is 2.23. The van der Waals surface area contributed by atoms with Gasteiger partial charge in [0.2, 0.25) is 0 Å². The molecular formula is C25H23N3O2. The maximum atomic E-state index is 13.0. The van der Waals surface area contributed by atoms with Crippen LogP contribution in [0.1, 0.15) is 23.0 Å². The van der Waals surface area contributed by atoms with Gasteiger partial charge in [0.1, 0.15) is 0 Å². The zero-order valence-corrected chi connectivity index (χ0v) is 16.8. The third-order valence-corrected chi connectivity index (χ3v) is 4.77. The SMILES string of the molecule is CCOC(=O)c1c(CNNc2ccccc2)nc2ccccc2c1-c1ccccc1. The van der Waals surface area contributed by atoms with Crippen molar-refractivity contribution >= 4 is 22.6 Å². The Morgan fingerprint density at radius 1 is 0.900 bits per heavy atom. The fourth-order valence-electron chi connectivity index (χ4n) is 3.47. The molecule has 0 radical (unpaired) electrons. The standard InChI is InChI=1S/C25H23N3O2/c1-2-30-25(29)24-22(17-26-28-19-13-7-4-8-14-19)27-21-16-10-9-15-20(21)23(24)18-11-5-3-6-12-18/h3-16,26,28H,2,17H2,1H3. The summed E-state index contributed by atoms with van der Waals surface area (Å²) < 4.78 is 5.42. The monoisotopic (exact) mass is 397 g/mol. The molecule has 0 aliphatic carbocycles. The summed E-state index contributed by atoms with van der Waals surface area (Å²) in [6, 6.07) is 27.6. The van der Waals surface area contributed by atoms with Crippen LogP contribution in [0, 0.1) is 0 Å². The minimum atomic E-state index is -0.369. The zero-order chi connectivity index (χ0) is 20.8. The van der Waals surface area contributed by atoms with Gasteiger partial charge in [0.15, 0.2) is 0 Å². The van der Waals surface area contributed by atoms with E-state index in [1.54, 1.807) is 0 Å². The van der Waals surface area contributed by atoms with E-state index in [-0.39, 0.29) is 5.97 Å². The summed E-state index contributed by atoms with van der Waals surface area (Å²) in [5.41, 5.74) is 11.0. The van der Waals surface area contributed by atoms with E-state index in [2.05, 4.69) is 10.9 Å². The van der Waals surface area contributed by atoms with Crippen molar-refractivity contribution in [1.82, 2.24) is 10.4 Å². The molecule has 0 amide bonds. The third kappa shape index (κ3) is 4.16. The maximum absolute atomic E-state index is 13.0. The molecule has 0 spiro atoms. The van der Waals surface area contributed by atoms with Crippen molar-refractivity contribution in [2.45, 2.75) is 13.5 Å². The van der Waals surface area contributed by atoms with Crippen molar-refractivity contribution in [3.63, 3.8) is 0 Å². The Morgan fingerprint density at radius 3 is 2.30 bits per heavy atom. The Labute approximate surface area is 175 Å². The largest absolute Gasteiger partial charge is 0.462 e. The first-order valence-corrected chi connectivity index (χ1v) is 9.96. The number of rotatable bonds is 7. The second-order valence-corrected chi connectivity index (χ2v) is 6.76. The normalized spacial score (nSPS) is 10.7. The first-order valence-electron chi connectivity index (χ1n) is 9.96. The van der Waals surface area contributed by atoms with Crippen LogP contribution in [-0.4, -0.2) is 17.6 Å². The van der Waals surface area contributed by atoms with Crippen LogP contribution in [0.25, 0.3) is 22.0 Å². The number of nitrogens with zero attached hydrogens (tertiary/aromatic N) is 1. The number of hydrogen-bond acceptors (Lipinski definition) is 5. The Bertz CT molecular complexity index is 1150. The van der Waals surface area contributed by atoms with E-state index in [1.165, 1.54) is 0 Å². The van der Waals surface area contributed by atoms with Crippen LogP contribution in [0.2, 0.25) is 0 Å². The van der Waals surface area contributed by atoms with Gasteiger partial charge in [0.25, 0.3) is 0 Å². The molecular weight excluding hydrogens is 374 g/mol. The highest BCUT2D eigenvalue weighted by molar-refractivity contribution is 6.07. The van der Waals surface area contributed by atoms with Crippen LogP contribution < -0.4 is 10.9 Å². The number of hydrogen-bond donors (Lipinski definition) is 2. The van der Waals surface area contributed by atoms with Gasteiger partial charge in [-0.3, -0.25) is 4.98 Å². The molecule has 0 bridgehead atoms. The number of carbonyl (C=O) groups is 1. The highest BCUT2D eigenvalue weighted by atomic mass is 16.5. The number of aromatic nitrogens is 1. The van der Waals surface area contributed by atoms with Crippen LogP contribution in [0.15, 0.2) is 84.9 Å². The number of nitrogens with one attached hydrogen (secondary N) is 2. The van der Waals surface area contributed by atoms with Gasteiger partial charge < -0.3 is 10.2 Å². The lowest BCUT2D eigenvalue weighted by molar-refractivity contribution is 0.0525. The summed E-state index contributed by atoms with van der Waals surface area (Å²) in [5.74, 6) is -0.369. The Kier molecular flexibility index (Phi) is 6.01. The smallest absolute Gasteiger partial charge is 0.340 e. The topological polar surface area (TPSA) is 63.2 Å². The van der Waals surface area contributed by atoms with E-state index < -0.39 is 0 Å². The summed E-state index contributed by atoms with van der Waals surface area (Å²) in [6.07, 6.45) is 0. The van der Waals surface area contributed by atoms with Crippen LogP contribution in [-0.2, 0) is 11.3 Å². The second kappa shape index (κ2) is 9.20. The molecule has 0 unspecified atom stereocenters. The van der Waals surface area contributed by atoms with Gasteiger partial charge in [0.05, 0.1) is 29.9 Å². The number of ether oxygens (including phenoxy) is 1. The van der Waals surface area contributed by atoms with Crippen LogP contribution >= 0.6 is 0 Å². The predicted octanol–water partition coefficient (Wildman–Crippen LogP) is 5.20. The molecule has 0 aliphatic rings. The lowest BCUT2D eigenvalue weighted by Gasteiger charge is -2.17. The summed E-state index contributed by atoms with van der Waals surface area (Å²) in [5, 5.41) is 0.923. The Morgan fingerprint density at radius 2 is 1.57 bits per heavy atom. The molecule has 0 aliphatic heterocycles. The molecule has 0 fully saturated rings. The molecule has 4 aromatic rings. The van der Waals surface area contributed by atoms with Gasteiger partial charge in [-0.15, -0.1) is 0 Å². The number of esters is 1. The van der Waals surface area contributed by atoms with Crippen LogP contribution in [0.3, 0.4) is 0 Å². The van der Waals surface area contributed by atoms with Gasteiger partial charge >= 0.3 is 5.97 Å². The number of hydrazine groups is 1. The number of benzene rings is 3. The summed E-state index contributed by atoms with van der Waals surface area (Å²) >= 11 is 0. The minimum Gasteiger partial charge on any atom is -0.462 e. The summed E-state index contributed by atoms with van der Waals surface area (Å²) in [4.78, 5) is 17.8. The molecule has 150 valence electrons. The molecule has 2 N–H and O–H groups in total. The van der Waals surface area contributed by atoms with E-state index in [4.69, 9.17) is 9.72 Å². The lowest BCUT2D eigenvalue weighted by atomic mass is 9.94. The number of para-hydroxylation sites is 2. The molecule has 1 heterocycles. The van der Waals surface area contributed by atoms with Gasteiger partial charge in [-0.2, -0.15) is 0 Å². The molecule has 0 saturated heterocycles. The van der Waals surface area contributed by atoms with E-state index in [0.29, 0.717) is 24.4 Å². The quantitative estimate of drug-likeness (QED) is 0.332.